The van der Waals surface area contributed by atoms with E-state index >= 15 is 0 Å². The van der Waals surface area contributed by atoms with Gasteiger partial charge in [0.1, 0.15) is 5.15 Å². The average Bonchev–Trinajstić information content (AvgIpc) is 2.37. The van der Waals surface area contributed by atoms with Crippen molar-refractivity contribution >= 4 is 11.6 Å². The monoisotopic (exact) mass is 300 g/mol. The highest BCUT2D eigenvalue weighted by Gasteiger charge is 2.30. The molecule has 6 heteroatoms. The second kappa shape index (κ2) is 5.40. The van der Waals surface area contributed by atoms with Crippen LogP contribution in [0, 0.1) is 0 Å². The van der Waals surface area contributed by atoms with E-state index in [4.69, 9.17) is 11.6 Å². The fraction of sp³-hybridized carbons (Fsp3) is 0.286. The third kappa shape index (κ3) is 3.28. The highest BCUT2D eigenvalue weighted by Crippen LogP contribution is 2.31. The van der Waals surface area contributed by atoms with E-state index in [1.807, 2.05) is 13.8 Å². The van der Waals surface area contributed by atoms with Crippen molar-refractivity contribution < 1.29 is 13.2 Å². The predicted molar refractivity (Wildman–Crippen MR) is 71.6 cm³/mol. The summed E-state index contributed by atoms with van der Waals surface area (Å²) in [5.74, 6) is 0.312. The summed E-state index contributed by atoms with van der Waals surface area (Å²) in [4.78, 5) is 8.26. The average molecular weight is 301 g/mol. The zero-order valence-electron chi connectivity index (χ0n) is 10.9. The van der Waals surface area contributed by atoms with Crippen molar-refractivity contribution in [1.82, 2.24) is 9.97 Å². The molecule has 0 spiro atoms. The molecule has 0 aliphatic rings. The SMILES string of the molecule is CC(C)c1cc(Cl)nc(-c2cccc(C(F)(F)F)c2)n1. The highest BCUT2D eigenvalue weighted by atomic mass is 35.5. The van der Waals surface area contributed by atoms with Crippen LogP contribution < -0.4 is 0 Å². The van der Waals surface area contributed by atoms with Gasteiger partial charge in [-0.2, -0.15) is 13.2 Å². The zero-order valence-corrected chi connectivity index (χ0v) is 11.6. The van der Waals surface area contributed by atoms with Crippen molar-refractivity contribution in [3.8, 4) is 11.4 Å². The number of hydrogen-bond donors (Lipinski definition) is 0. The first-order valence-electron chi connectivity index (χ1n) is 5.99. The van der Waals surface area contributed by atoms with Crippen molar-refractivity contribution in [2.45, 2.75) is 25.9 Å². The molecule has 1 aromatic heterocycles. The van der Waals surface area contributed by atoms with Crippen LogP contribution in [0.5, 0.6) is 0 Å². The third-order valence-corrected chi connectivity index (χ3v) is 2.95. The second-order valence-corrected chi connectivity index (χ2v) is 5.06. The third-order valence-electron chi connectivity index (χ3n) is 2.75. The van der Waals surface area contributed by atoms with Crippen LogP contribution in [0.1, 0.15) is 31.0 Å². The largest absolute Gasteiger partial charge is 0.416 e. The van der Waals surface area contributed by atoms with Crippen molar-refractivity contribution in [2.75, 3.05) is 0 Å². The Morgan fingerprint density at radius 2 is 1.80 bits per heavy atom. The van der Waals surface area contributed by atoms with Crippen molar-refractivity contribution in [2.24, 2.45) is 0 Å². The molecule has 0 unspecified atom stereocenters. The van der Waals surface area contributed by atoms with Gasteiger partial charge in [-0.25, -0.2) is 9.97 Å². The molecular weight excluding hydrogens is 289 g/mol. The van der Waals surface area contributed by atoms with Gasteiger partial charge in [0.05, 0.1) is 5.56 Å². The van der Waals surface area contributed by atoms with Crippen LogP contribution in [-0.4, -0.2) is 9.97 Å². The first-order chi connectivity index (χ1) is 9.27. The quantitative estimate of drug-likeness (QED) is 0.734. The van der Waals surface area contributed by atoms with Crippen LogP contribution in [0.15, 0.2) is 30.3 Å². The normalized spacial score (nSPS) is 11.9. The maximum atomic E-state index is 12.7. The molecule has 2 nitrogen and oxygen atoms in total. The minimum absolute atomic E-state index is 0.111. The number of halogens is 4. The van der Waals surface area contributed by atoms with Gasteiger partial charge in [-0.15, -0.1) is 0 Å². The summed E-state index contributed by atoms with van der Waals surface area (Å²) in [6.45, 7) is 3.85. The van der Waals surface area contributed by atoms with Gasteiger partial charge in [-0.3, -0.25) is 0 Å². The van der Waals surface area contributed by atoms with Gasteiger partial charge in [0.25, 0.3) is 0 Å². The first-order valence-corrected chi connectivity index (χ1v) is 6.37. The molecule has 0 saturated carbocycles. The van der Waals surface area contributed by atoms with Gasteiger partial charge in [-0.05, 0) is 24.1 Å². The Balaban J connectivity index is 2.51. The lowest BCUT2D eigenvalue weighted by Crippen LogP contribution is -2.05. The first kappa shape index (κ1) is 14.8. The molecular formula is C14H12ClF3N2. The van der Waals surface area contributed by atoms with E-state index in [0.717, 1.165) is 12.1 Å². The van der Waals surface area contributed by atoms with Crippen molar-refractivity contribution in [1.29, 1.82) is 0 Å². The number of rotatable bonds is 2. The molecule has 0 N–H and O–H groups in total. The van der Waals surface area contributed by atoms with Gasteiger partial charge < -0.3 is 0 Å². The predicted octanol–water partition coefficient (Wildman–Crippen LogP) is 4.94. The second-order valence-electron chi connectivity index (χ2n) is 4.67. The lowest BCUT2D eigenvalue weighted by Gasteiger charge is -2.10. The van der Waals surface area contributed by atoms with Gasteiger partial charge in [0, 0.05) is 11.3 Å². The molecule has 0 fully saturated rings. The molecule has 0 aliphatic carbocycles. The van der Waals surface area contributed by atoms with Crippen LogP contribution in [-0.2, 0) is 6.18 Å². The van der Waals surface area contributed by atoms with E-state index in [9.17, 15) is 13.2 Å². The van der Waals surface area contributed by atoms with Crippen molar-refractivity contribution in [3.05, 3.63) is 46.7 Å². The summed E-state index contributed by atoms with van der Waals surface area (Å²) < 4.78 is 38.1. The highest BCUT2D eigenvalue weighted by molar-refractivity contribution is 6.29. The lowest BCUT2D eigenvalue weighted by molar-refractivity contribution is -0.137. The Morgan fingerprint density at radius 3 is 2.40 bits per heavy atom. The zero-order chi connectivity index (χ0) is 14.9. The summed E-state index contributed by atoms with van der Waals surface area (Å²) >= 11 is 5.90. The van der Waals surface area contributed by atoms with E-state index in [2.05, 4.69) is 9.97 Å². The molecule has 1 heterocycles. The molecule has 0 bridgehead atoms. The fourth-order valence-electron chi connectivity index (χ4n) is 1.69. The summed E-state index contributed by atoms with van der Waals surface area (Å²) in [7, 11) is 0. The van der Waals surface area contributed by atoms with E-state index in [0.29, 0.717) is 11.3 Å². The summed E-state index contributed by atoms with van der Waals surface area (Å²) in [5, 5.41) is 0.219. The minimum atomic E-state index is -4.39. The molecule has 0 saturated heterocycles. The number of nitrogens with zero attached hydrogens (tertiary/aromatic N) is 2. The standard InChI is InChI=1S/C14H12ClF3N2/c1-8(2)11-7-12(15)20-13(19-11)9-4-3-5-10(6-9)14(16,17)18/h3-8H,1-2H3. The molecule has 0 aliphatic heterocycles. The molecule has 0 radical (unpaired) electrons. The Morgan fingerprint density at radius 1 is 1.10 bits per heavy atom. The van der Waals surface area contributed by atoms with E-state index in [-0.39, 0.29) is 16.9 Å². The summed E-state index contributed by atoms with van der Waals surface area (Å²) in [5.41, 5.74) is 0.256. The molecule has 0 amide bonds. The molecule has 20 heavy (non-hydrogen) atoms. The van der Waals surface area contributed by atoms with Crippen LogP contribution in [0.25, 0.3) is 11.4 Å². The Kier molecular flexibility index (Phi) is 3.99. The van der Waals surface area contributed by atoms with Crippen LogP contribution in [0.3, 0.4) is 0 Å². The van der Waals surface area contributed by atoms with Gasteiger partial charge in [-0.1, -0.05) is 37.6 Å². The van der Waals surface area contributed by atoms with Crippen LogP contribution in [0.2, 0.25) is 5.15 Å². The van der Waals surface area contributed by atoms with Crippen LogP contribution in [0.4, 0.5) is 13.2 Å². The Labute approximate surface area is 119 Å². The van der Waals surface area contributed by atoms with Crippen LogP contribution >= 0.6 is 11.6 Å². The van der Waals surface area contributed by atoms with E-state index in [1.54, 1.807) is 6.07 Å². The summed E-state index contributed by atoms with van der Waals surface area (Å²) in [6, 6.07) is 6.51. The van der Waals surface area contributed by atoms with E-state index < -0.39 is 11.7 Å². The van der Waals surface area contributed by atoms with E-state index in [1.165, 1.54) is 12.1 Å². The molecule has 1 aromatic carbocycles. The molecule has 106 valence electrons. The number of alkyl halides is 3. The maximum Gasteiger partial charge on any atom is 0.416 e. The Hall–Kier alpha value is -1.62. The van der Waals surface area contributed by atoms with Gasteiger partial charge in [0.2, 0.25) is 0 Å². The fourth-order valence-corrected chi connectivity index (χ4v) is 1.89. The summed E-state index contributed by atoms with van der Waals surface area (Å²) in [6.07, 6.45) is -4.39. The number of benzene rings is 1. The minimum Gasteiger partial charge on any atom is -0.233 e. The maximum absolute atomic E-state index is 12.7. The topological polar surface area (TPSA) is 25.8 Å². The molecule has 2 rings (SSSR count). The van der Waals surface area contributed by atoms with Gasteiger partial charge in [0.15, 0.2) is 5.82 Å². The molecule has 0 atom stereocenters. The Bertz CT molecular complexity index is 624. The number of aromatic nitrogens is 2. The number of hydrogen-bond acceptors (Lipinski definition) is 2. The van der Waals surface area contributed by atoms with Gasteiger partial charge >= 0.3 is 6.18 Å². The molecule has 2 aromatic rings. The van der Waals surface area contributed by atoms with Crippen molar-refractivity contribution in [3.63, 3.8) is 0 Å². The lowest BCUT2D eigenvalue weighted by atomic mass is 10.1. The smallest absolute Gasteiger partial charge is 0.233 e.